The van der Waals surface area contributed by atoms with Crippen molar-refractivity contribution in [2.75, 3.05) is 6.54 Å². The van der Waals surface area contributed by atoms with Crippen molar-refractivity contribution in [3.05, 3.63) is 34.6 Å². The van der Waals surface area contributed by atoms with Gasteiger partial charge in [-0.15, -0.1) is 12.3 Å². The van der Waals surface area contributed by atoms with Gasteiger partial charge in [0.25, 0.3) is 0 Å². The lowest BCUT2D eigenvalue weighted by atomic mass is 10.1. The number of rotatable bonds is 2. The van der Waals surface area contributed by atoms with Gasteiger partial charge >= 0.3 is 0 Å². The van der Waals surface area contributed by atoms with Crippen LogP contribution in [0.15, 0.2) is 18.2 Å². The maximum Gasteiger partial charge on any atom is 0.224 e. The van der Waals surface area contributed by atoms with E-state index in [1.165, 1.54) is 12.1 Å². The number of hydrogen-bond donors (Lipinski definition) is 0. The van der Waals surface area contributed by atoms with E-state index in [1.807, 2.05) is 0 Å². The zero-order chi connectivity index (χ0) is 12.4. The molecule has 1 aliphatic rings. The van der Waals surface area contributed by atoms with Crippen LogP contribution in [0, 0.1) is 24.1 Å². The highest BCUT2D eigenvalue weighted by Crippen LogP contribution is 2.23. The zero-order valence-electron chi connectivity index (χ0n) is 9.12. The molecule has 0 saturated carbocycles. The average molecular weight is 252 g/mol. The molecule has 0 bridgehead atoms. The molecule has 0 radical (unpaired) electrons. The molecule has 1 atom stereocenters. The first-order valence-corrected chi connectivity index (χ1v) is 5.66. The molecule has 2 rings (SSSR count). The summed E-state index contributed by atoms with van der Waals surface area (Å²) in [5.41, 5.74) is 0.735. The maximum absolute atomic E-state index is 12.9. The van der Waals surface area contributed by atoms with Crippen LogP contribution in [-0.2, 0) is 11.3 Å². The van der Waals surface area contributed by atoms with Crippen LogP contribution in [0.25, 0.3) is 0 Å². The number of likely N-dealkylation sites (tertiary alicyclic amines) is 1. The SMILES string of the molecule is C#CC1CC(=O)N(Cc2ccc(F)cc2Cl)C1. The normalized spacial score (nSPS) is 19.5. The smallest absolute Gasteiger partial charge is 0.224 e. The van der Waals surface area contributed by atoms with Crippen LogP contribution < -0.4 is 0 Å². The van der Waals surface area contributed by atoms with E-state index in [4.69, 9.17) is 18.0 Å². The Bertz CT molecular complexity index is 495. The number of nitrogens with zero attached hydrogens (tertiary/aromatic N) is 1. The van der Waals surface area contributed by atoms with Crippen LogP contribution in [0.3, 0.4) is 0 Å². The molecule has 1 aromatic carbocycles. The molecule has 1 saturated heterocycles. The number of carbonyl (C=O) groups is 1. The van der Waals surface area contributed by atoms with E-state index >= 15 is 0 Å². The Labute approximate surface area is 104 Å². The van der Waals surface area contributed by atoms with E-state index in [2.05, 4.69) is 5.92 Å². The standard InChI is InChI=1S/C13H11ClFNO/c1-2-9-5-13(17)16(7-9)8-10-3-4-11(15)6-12(10)14/h1,3-4,6,9H,5,7-8H2. The Hall–Kier alpha value is -1.53. The molecular weight excluding hydrogens is 241 g/mol. The molecule has 1 unspecified atom stereocenters. The van der Waals surface area contributed by atoms with Crippen molar-refractivity contribution in [3.8, 4) is 12.3 Å². The lowest BCUT2D eigenvalue weighted by Gasteiger charge is -2.16. The molecule has 2 nitrogen and oxygen atoms in total. The van der Waals surface area contributed by atoms with Gasteiger partial charge in [0.2, 0.25) is 5.91 Å². The third-order valence-corrected chi connectivity index (χ3v) is 3.18. The van der Waals surface area contributed by atoms with Crippen LogP contribution in [0.4, 0.5) is 4.39 Å². The fraction of sp³-hybridized carbons (Fsp3) is 0.308. The van der Waals surface area contributed by atoms with Gasteiger partial charge in [-0.1, -0.05) is 17.7 Å². The highest BCUT2D eigenvalue weighted by Gasteiger charge is 2.28. The molecular formula is C13H11ClFNO. The van der Waals surface area contributed by atoms with E-state index in [9.17, 15) is 9.18 Å². The quantitative estimate of drug-likeness (QED) is 0.740. The Morgan fingerprint density at radius 3 is 2.94 bits per heavy atom. The zero-order valence-corrected chi connectivity index (χ0v) is 9.88. The molecule has 1 fully saturated rings. The van der Waals surface area contributed by atoms with Crippen LogP contribution in [0.5, 0.6) is 0 Å². The fourth-order valence-corrected chi connectivity index (χ4v) is 2.12. The number of hydrogen-bond acceptors (Lipinski definition) is 1. The van der Waals surface area contributed by atoms with Crippen molar-refractivity contribution < 1.29 is 9.18 Å². The minimum Gasteiger partial charge on any atom is -0.337 e. The van der Waals surface area contributed by atoms with Crippen LogP contribution in [-0.4, -0.2) is 17.4 Å². The van der Waals surface area contributed by atoms with Gasteiger partial charge in [0, 0.05) is 30.5 Å². The van der Waals surface area contributed by atoms with Gasteiger partial charge in [-0.05, 0) is 17.7 Å². The monoisotopic (exact) mass is 251 g/mol. The molecule has 0 N–H and O–H groups in total. The number of carbonyl (C=O) groups excluding carboxylic acids is 1. The predicted octanol–water partition coefficient (Wildman–Crippen LogP) is 2.46. The predicted molar refractivity (Wildman–Crippen MR) is 63.8 cm³/mol. The summed E-state index contributed by atoms with van der Waals surface area (Å²) < 4.78 is 12.9. The minimum absolute atomic E-state index is 0.0216. The second-order valence-electron chi connectivity index (χ2n) is 4.08. The highest BCUT2D eigenvalue weighted by atomic mass is 35.5. The van der Waals surface area contributed by atoms with Crippen molar-refractivity contribution in [1.82, 2.24) is 4.90 Å². The van der Waals surface area contributed by atoms with E-state index in [1.54, 1.807) is 11.0 Å². The first-order chi connectivity index (χ1) is 8.10. The summed E-state index contributed by atoms with van der Waals surface area (Å²) >= 11 is 5.91. The number of amides is 1. The molecule has 88 valence electrons. The number of benzene rings is 1. The second kappa shape index (κ2) is 4.77. The van der Waals surface area contributed by atoms with E-state index < -0.39 is 0 Å². The second-order valence-corrected chi connectivity index (χ2v) is 4.48. The molecule has 17 heavy (non-hydrogen) atoms. The first-order valence-electron chi connectivity index (χ1n) is 5.28. The van der Waals surface area contributed by atoms with E-state index in [0.717, 1.165) is 5.56 Å². The summed E-state index contributed by atoms with van der Waals surface area (Å²) in [5, 5.41) is 0.335. The lowest BCUT2D eigenvalue weighted by Crippen LogP contribution is -2.24. The Morgan fingerprint density at radius 2 is 2.35 bits per heavy atom. The summed E-state index contributed by atoms with van der Waals surface area (Å²) in [6.07, 6.45) is 5.68. The lowest BCUT2D eigenvalue weighted by molar-refractivity contribution is -0.128. The van der Waals surface area contributed by atoms with Gasteiger partial charge in [0.1, 0.15) is 5.82 Å². The van der Waals surface area contributed by atoms with Crippen LogP contribution >= 0.6 is 11.6 Å². The van der Waals surface area contributed by atoms with E-state index in [0.29, 0.717) is 24.5 Å². The molecule has 1 heterocycles. The summed E-state index contributed by atoms with van der Waals surface area (Å²) in [7, 11) is 0. The van der Waals surface area contributed by atoms with Crippen molar-refractivity contribution in [2.24, 2.45) is 5.92 Å². The summed E-state index contributed by atoms with van der Waals surface area (Å²) in [4.78, 5) is 13.3. The van der Waals surface area contributed by atoms with Gasteiger partial charge < -0.3 is 4.90 Å². The summed E-state index contributed by atoms with van der Waals surface area (Å²) in [5.74, 6) is 2.19. The maximum atomic E-state index is 12.9. The van der Waals surface area contributed by atoms with Crippen LogP contribution in [0.1, 0.15) is 12.0 Å². The van der Waals surface area contributed by atoms with Crippen LogP contribution in [0.2, 0.25) is 5.02 Å². The molecule has 0 aliphatic carbocycles. The molecule has 4 heteroatoms. The van der Waals surface area contributed by atoms with Gasteiger partial charge in [-0.3, -0.25) is 4.79 Å². The van der Waals surface area contributed by atoms with Gasteiger partial charge in [-0.2, -0.15) is 0 Å². The van der Waals surface area contributed by atoms with Crippen molar-refractivity contribution in [3.63, 3.8) is 0 Å². The summed E-state index contributed by atoms with van der Waals surface area (Å²) in [6, 6.07) is 4.17. The fourth-order valence-electron chi connectivity index (χ4n) is 1.89. The molecule has 1 aliphatic heterocycles. The largest absolute Gasteiger partial charge is 0.337 e. The average Bonchev–Trinajstić information content (AvgIpc) is 2.64. The Balaban J connectivity index is 2.12. The number of terminal acetylenes is 1. The molecule has 0 spiro atoms. The minimum atomic E-state index is -0.381. The topological polar surface area (TPSA) is 20.3 Å². The highest BCUT2D eigenvalue weighted by molar-refractivity contribution is 6.31. The first kappa shape index (κ1) is 11.9. The van der Waals surface area contributed by atoms with Crippen molar-refractivity contribution in [2.45, 2.75) is 13.0 Å². The molecule has 1 amide bonds. The molecule has 1 aromatic rings. The van der Waals surface area contributed by atoms with Gasteiger partial charge in [0.05, 0.1) is 0 Å². The van der Waals surface area contributed by atoms with Gasteiger partial charge in [0.15, 0.2) is 0 Å². The van der Waals surface area contributed by atoms with Gasteiger partial charge in [-0.25, -0.2) is 4.39 Å². The van der Waals surface area contributed by atoms with Crippen molar-refractivity contribution in [1.29, 1.82) is 0 Å². The van der Waals surface area contributed by atoms with Crippen molar-refractivity contribution >= 4 is 17.5 Å². The Kier molecular flexibility index (Phi) is 3.35. The Morgan fingerprint density at radius 1 is 1.59 bits per heavy atom. The molecule has 0 aromatic heterocycles. The van der Waals surface area contributed by atoms with E-state index in [-0.39, 0.29) is 17.6 Å². The number of halogens is 2. The third-order valence-electron chi connectivity index (χ3n) is 2.83. The summed E-state index contributed by atoms with van der Waals surface area (Å²) in [6.45, 7) is 0.930. The third kappa shape index (κ3) is 2.59.